The number of methoxy groups -OCH3 is 14. The van der Waals surface area contributed by atoms with Gasteiger partial charge in [0.25, 0.3) is 0 Å². The van der Waals surface area contributed by atoms with Crippen LogP contribution in [0, 0.1) is 0 Å². The van der Waals surface area contributed by atoms with E-state index in [1.165, 1.54) is 0 Å². The highest BCUT2D eigenvalue weighted by Crippen LogP contribution is 2.44. The maximum atomic E-state index is 12.4. The van der Waals surface area contributed by atoms with Gasteiger partial charge in [-0.15, -0.1) is 0 Å². The highest BCUT2D eigenvalue weighted by molar-refractivity contribution is 7.82. The molecule has 0 aromatic rings. The lowest BCUT2D eigenvalue weighted by atomic mass is 9.94. The maximum Gasteiger partial charge on any atom is 0.217 e. The predicted molar refractivity (Wildman–Crippen MR) is 355 cm³/mol. The molecule has 0 N–H and O–H groups in total. The maximum absolute atomic E-state index is 12.4. The van der Waals surface area contributed by atoms with E-state index in [1.54, 1.807) is 0 Å². The summed E-state index contributed by atoms with van der Waals surface area (Å²) in [6.45, 7) is -9.72. The summed E-state index contributed by atoms with van der Waals surface area (Å²) >= 11 is 0. The Balaban J connectivity index is 1.35. The lowest BCUT2D eigenvalue weighted by Gasteiger charge is -2.52. The van der Waals surface area contributed by atoms with E-state index < -0.39 is 334 Å². The van der Waals surface area contributed by atoms with Crippen LogP contribution in [0.25, 0.3) is 0 Å². The SMILES string of the molecule is COC1C2OC(COS(=O)(=O)[O-])C(OC3OC(COS(=O)(=O)[O-])C(OC4OC(COS(=O)(=O)[O-])C(OC5OC(COS(=O)(=O)[O-])C(OC6OC(COS(=O)(=O)[O-])C(OC7OC(COS(=O)(=O)[O-])C(OC8OC(COS(=O)(=O)[O-])C(O2)C(OC)C8OC)C(OC)C7OC)C(OC)C6OC)C(OC)C5OC)C(OC)C4OC)C(OC)C3OC)C1OC. The zero-order chi connectivity index (χ0) is 88.4. The zero-order valence-corrected chi connectivity index (χ0v) is 70.6. The molecule has 0 aliphatic carbocycles. The van der Waals surface area contributed by atoms with E-state index in [2.05, 4.69) is 0 Å². The van der Waals surface area contributed by atoms with Crippen molar-refractivity contribution in [1.29, 1.82) is 0 Å². The molecule has 0 aromatic heterocycles. The molecule has 63 heteroatoms. The second kappa shape index (κ2) is 43.9. The number of hydrogen-bond donors (Lipinski definition) is 0. The number of hydrogen-bond acceptors (Lipinski definition) is 56. The average Bonchev–Trinajstić information content (AvgIpc) is 0.796. The summed E-state index contributed by atoms with van der Waals surface area (Å²) in [5.41, 5.74) is 0. The van der Waals surface area contributed by atoms with Crippen LogP contribution < -0.4 is 0 Å². The molecule has 0 radical (unpaired) electrons. The Bertz CT molecular complexity index is 3280. The molecule has 21 heterocycles. The third-order valence-corrected chi connectivity index (χ3v) is 22.6. The van der Waals surface area contributed by atoms with Crippen molar-refractivity contribution in [2.24, 2.45) is 0 Å². The summed E-state index contributed by atoms with van der Waals surface area (Å²) in [6, 6.07) is 0. The Morgan fingerprint density at radius 3 is 0.336 bits per heavy atom. The molecule has 56 nitrogen and oxygen atoms in total. The summed E-state index contributed by atoms with van der Waals surface area (Å²) in [5, 5.41) is 0. The van der Waals surface area contributed by atoms with E-state index in [9.17, 15) is 90.8 Å². The number of rotatable bonds is 35. The van der Waals surface area contributed by atoms with E-state index in [1.807, 2.05) is 0 Å². The molecule has 700 valence electrons. The van der Waals surface area contributed by atoms with Crippen LogP contribution in [0.15, 0.2) is 0 Å². The van der Waals surface area contributed by atoms with Crippen LogP contribution in [0.1, 0.15) is 0 Å². The van der Waals surface area contributed by atoms with Gasteiger partial charge in [-0.1, -0.05) is 0 Å². The second-order valence-electron chi connectivity index (χ2n) is 26.2. The van der Waals surface area contributed by atoms with Crippen LogP contribution in [-0.2, 0) is 235 Å². The summed E-state index contributed by atoms with van der Waals surface area (Å²) in [5.74, 6) is 0. The van der Waals surface area contributed by atoms with Crippen molar-refractivity contribution in [2.75, 3.05) is 146 Å². The van der Waals surface area contributed by atoms with Crippen molar-refractivity contribution >= 4 is 72.8 Å². The van der Waals surface area contributed by atoms with Crippen molar-refractivity contribution < 1.29 is 253 Å². The molecule has 0 amide bonds. The van der Waals surface area contributed by atoms with E-state index in [-0.39, 0.29) is 0 Å². The average molecular weight is 1880 g/mol. The number of ether oxygens (including phenoxy) is 28. The zero-order valence-electron chi connectivity index (χ0n) is 64.9. The molecule has 35 atom stereocenters. The van der Waals surface area contributed by atoms with Crippen LogP contribution in [0.5, 0.6) is 0 Å². The van der Waals surface area contributed by atoms with Gasteiger partial charge < -0.3 is 165 Å². The fraction of sp³-hybridized carbons (Fsp3) is 1.00. The molecule has 21 rings (SSSR count). The Morgan fingerprint density at radius 1 is 0.168 bits per heavy atom. The predicted octanol–water partition coefficient (Wildman–Crippen LogP) is -9.68. The largest absolute Gasteiger partial charge is 0.726 e. The van der Waals surface area contributed by atoms with Gasteiger partial charge in [0.05, 0.1) is 46.2 Å². The lowest BCUT2D eigenvalue weighted by Crippen LogP contribution is -2.69. The van der Waals surface area contributed by atoms with Gasteiger partial charge in [-0.2, -0.15) is 0 Å². The van der Waals surface area contributed by atoms with Gasteiger partial charge in [-0.3, -0.25) is 29.3 Å². The van der Waals surface area contributed by atoms with Crippen LogP contribution in [0.4, 0.5) is 0 Å². The second-order valence-corrected chi connectivity index (χ2v) is 33.5. The van der Waals surface area contributed by atoms with Crippen molar-refractivity contribution in [3.05, 3.63) is 0 Å². The summed E-state index contributed by atoms with van der Waals surface area (Å²) in [4.78, 5) is 0. The molecule has 21 fully saturated rings. The highest BCUT2D eigenvalue weighted by atomic mass is 32.3. The van der Waals surface area contributed by atoms with Crippen molar-refractivity contribution in [3.8, 4) is 0 Å². The third kappa shape index (κ3) is 27.1. The molecule has 21 saturated heterocycles. The van der Waals surface area contributed by atoms with E-state index in [0.29, 0.717) is 0 Å². The standard InChI is InChI=1S/C56H98O56S7/c1-78-36-29-22(15-92-113(57,58)59)99-50(43(36)85-8)107-30-23(16-93-114(60,61)62)101-52(45(87-10)37(30)79-2)109-32-25(18-95-116(66,67)68)103-54(47(89-12)39(32)81-4)111-34-27(20-97-118(72,73)74)105-56(49(91-14)41(34)83-6)112-35-28(21-98-119(75,76)77)104-55(48(90-13)42(35)84-7)110-33-26(19-96-117(69,70)71)102-53(46(88-11)40(33)82-5)108-31-24(17-94-115(63,64)65)100-51(106-29)44(86-9)38(31)80-3/h22-56H,15-21H2,1-14H3,(H,57,58,59)(H,60,61,62)(H,63,64,65)(H,66,67,68)(H,69,70,71)(H,72,73,74)(H,75,76,77)/p-7. The molecule has 35 unspecified atom stereocenters. The van der Waals surface area contributed by atoms with Crippen molar-refractivity contribution in [3.63, 3.8) is 0 Å². The van der Waals surface area contributed by atoms with Gasteiger partial charge in [0.15, 0.2) is 44.0 Å². The first-order valence-corrected chi connectivity index (χ1v) is 43.8. The Morgan fingerprint density at radius 2 is 0.261 bits per heavy atom. The van der Waals surface area contributed by atoms with Crippen LogP contribution in [0.3, 0.4) is 0 Å². The minimum absolute atomic E-state index is 1.00. The molecule has 21 aliphatic heterocycles. The fourth-order valence-electron chi connectivity index (χ4n) is 14.8. The van der Waals surface area contributed by atoms with Crippen LogP contribution in [0.2, 0.25) is 0 Å². The van der Waals surface area contributed by atoms with Crippen molar-refractivity contribution in [2.45, 2.75) is 215 Å². The van der Waals surface area contributed by atoms with Gasteiger partial charge in [0, 0.05) is 99.5 Å². The van der Waals surface area contributed by atoms with E-state index >= 15 is 0 Å². The molecule has 0 spiro atoms. The summed E-state index contributed by atoms with van der Waals surface area (Å²) < 4.78 is 466. The molecule has 0 aromatic carbocycles. The molecule has 0 saturated carbocycles. The van der Waals surface area contributed by atoms with Gasteiger partial charge in [0.1, 0.15) is 171 Å². The third-order valence-electron chi connectivity index (χ3n) is 19.6. The normalized spacial score (nSPS) is 41.0. The Hall–Kier alpha value is -2.03. The van der Waals surface area contributed by atoms with E-state index in [0.717, 1.165) is 99.5 Å². The summed E-state index contributed by atoms with van der Waals surface area (Å²) in [7, 11) is -26.3. The van der Waals surface area contributed by atoms with E-state index in [4.69, 9.17) is 162 Å². The minimum atomic E-state index is -5.77. The highest BCUT2D eigenvalue weighted by Gasteiger charge is 2.63. The Labute approximate surface area is 683 Å². The van der Waals surface area contributed by atoms with Gasteiger partial charge in [-0.05, 0) is 0 Å². The molecular weight excluding hydrogens is 1790 g/mol. The first-order chi connectivity index (χ1) is 55.7. The quantitative estimate of drug-likeness (QED) is 0.0420. The molecule has 119 heavy (non-hydrogen) atoms. The van der Waals surface area contributed by atoms with Gasteiger partial charge >= 0.3 is 0 Å². The summed E-state index contributed by atoms with van der Waals surface area (Å²) in [6.07, 6.45) is -68.5. The minimum Gasteiger partial charge on any atom is -0.726 e. The van der Waals surface area contributed by atoms with Crippen LogP contribution in [-0.4, -0.2) is 452 Å². The first kappa shape index (κ1) is 102. The van der Waals surface area contributed by atoms with Crippen LogP contribution >= 0.6 is 0 Å². The molecule has 21 aliphatic rings. The smallest absolute Gasteiger partial charge is 0.217 e. The van der Waals surface area contributed by atoms with Crippen molar-refractivity contribution in [1.82, 2.24) is 0 Å². The topological polar surface area (TPSA) is 723 Å². The molecular formula is C56H91O56S7-7. The monoisotopic (exact) mass is 1880 g/mol. The first-order valence-electron chi connectivity index (χ1n) is 34.5. The fourth-order valence-corrected chi connectivity index (χ4v) is 16.9. The van der Waals surface area contributed by atoms with Gasteiger partial charge in [-0.25, -0.2) is 58.9 Å². The Kier molecular flexibility index (Phi) is 37.7. The van der Waals surface area contributed by atoms with Gasteiger partial charge in [0.2, 0.25) is 72.8 Å². The lowest BCUT2D eigenvalue weighted by molar-refractivity contribution is -0.401. The molecule has 14 bridgehead atoms.